The fourth-order valence-corrected chi connectivity index (χ4v) is 2.73. The number of aromatic nitrogens is 2. The average molecular weight is 310 g/mol. The van der Waals surface area contributed by atoms with E-state index in [0.717, 1.165) is 31.6 Å². The van der Waals surface area contributed by atoms with Crippen molar-refractivity contribution in [1.29, 1.82) is 5.26 Å². The maximum Gasteiger partial charge on any atom is 0.338 e. The number of rotatable bonds is 5. The molecule has 23 heavy (non-hydrogen) atoms. The molecule has 1 aliphatic heterocycles. The fourth-order valence-electron chi connectivity index (χ4n) is 2.73. The highest BCUT2D eigenvalue weighted by Crippen LogP contribution is 2.25. The van der Waals surface area contributed by atoms with Crippen LogP contribution in [0.1, 0.15) is 28.8 Å². The molecule has 6 nitrogen and oxygen atoms in total. The molecular formula is C17H18N4O2. The first kappa shape index (κ1) is 15.1. The van der Waals surface area contributed by atoms with E-state index in [2.05, 4.69) is 16.1 Å². The summed E-state index contributed by atoms with van der Waals surface area (Å²) >= 11 is 0. The molecule has 1 fully saturated rings. The van der Waals surface area contributed by atoms with Gasteiger partial charge in [-0.1, -0.05) is 0 Å². The Morgan fingerprint density at radius 2 is 2.17 bits per heavy atom. The lowest BCUT2D eigenvalue weighted by Gasteiger charge is -2.19. The van der Waals surface area contributed by atoms with Crippen molar-refractivity contribution in [3.63, 3.8) is 0 Å². The van der Waals surface area contributed by atoms with Crippen molar-refractivity contribution in [1.82, 2.24) is 9.78 Å². The first-order chi connectivity index (χ1) is 11.3. The van der Waals surface area contributed by atoms with Crippen LogP contribution in [0, 0.1) is 11.3 Å². The van der Waals surface area contributed by atoms with Crippen molar-refractivity contribution < 1.29 is 9.53 Å². The van der Waals surface area contributed by atoms with E-state index in [9.17, 15) is 10.1 Å². The number of benzene rings is 1. The minimum Gasteiger partial charge on any atom is -0.460 e. The van der Waals surface area contributed by atoms with E-state index < -0.39 is 5.97 Å². The highest BCUT2D eigenvalue weighted by atomic mass is 16.5. The summed E-state index contributed by atoms with van der Waals surface area (Å²) in [6.45, 7) is 2.68. The Labute approximate surface area is 134 Å². The maximum absolute atomic E-state index is 12.1. The molecule has 118 valence electrons. The Morgan fingerprint density at radius 1 is 1.35 bits per heavy atom. The molecule has 2 aromatic rings. The van der Waals surface area contributed by atoms with Crippen molar-refractivity contribution in [3.8, 4) is 6.07 Å². The second-order valence-corrected chi connectivity index (χ2v) is 5.44. The quantitative estimate of drug-likeness (QED) is 0.792. The van der Waals surface area contributed by atoms with Crippen LogP contribution in [0.25, 0.3) is 0 Å². The van der Waals surface area contributed by atoms with Crippen LogP contribution in [0.2, 0.25) is 0 Å². The molecule has 3 rings (SSSR count). The summed E-state index contributed by atoms with van der Waals surface area (Å²) in [5.74, 6) is -0.415. The van der Waals surface area contributed by atoms with Gasteiger partial charge in [-0.3, -0.25) is 4.68 Å². The number of hydrogen-bond donors (Lipinski definition) is 0. The molecule has 0 unspecified atom stereocenters. The molecule has 0 saturated carbocycles. The van der Waals surface area contributed by atoms with E-state index in [1.165, 1.54) is 0 Å². The third-order valence-corrected chi connectivity index (χ3v) is 3.91. The van der Waals surface area contributed by atoms with Crippen LogP contribution >= 0.6 is 0 Å². The van der Waals surface area contributed by atoms with Crippen LogP contribution < -0.4 is 4.90 Å². The number of carbonyl (C=O) groups excluding carboxylic acids is 1. The van der Waals surface area contributed by atoms with Crippen LogP contribution in [0.5, 0.6) is 0 Å². The van der Waals surface area contributed by atoms with Crippen molar-refractivity contribution in [2.75, 3.05) is 24.6 Å². The zero-order chi connectivity index (χ0) is 16.1. The Balaban J connectivity index is 1.65. The lowest BCUT2D eigenvalue weighted by Crippen LogP contribution is -2.19. The predicted molar refractivity (Wildman–Crippen MR) is 85.1 cm³/mol. The SMILES string of the molecule is N#Cc1cc(C(=O)OCCn2cccn2)ccc1N1CCCC1. The van der Waals surface area contributed by atoms with Crippen molar-refractivity contribution in [3.05, 3.63) is 47.8 Å². The van der Waals surface area contributed by atoms with Crippen LogP contribution in [0.3, 0.4) is 0 Å². The highest BCUT2D eigenvalue weighted by Gasteiger charge is 2.18. The summed E-state index contributed by atoms with van der Waals surface area (Å²) in [5.41, 5.74) is 1.83. The van der Waals surface area contributed by atoms with Gasteiger partial charge in [0.25, 0.3) is 0 Å². The molecule has 0 radical (unpaired) electrons. The molecule has 0 N–H and O–H groups in total. The van der Waals surface area contributed by atoms with Crippen LogP contribution in [0.4, 0.5) is 5.69 Å². The molecule has 1 aliphatic rings. The fraction of sp³-hybridized carbons (Fsp3) is 0.353. The van der Waals surface area contributed by atoms with E-state index in [1.807, 2.05) is 18.3 Å². The van der Waals surface area contributed by atoms with Crippen LogP contribution in [0.15, 0.2) is 36.7 Å². The second-order valence-electron chi connectivity index (χ2n) is 5.44. The third kappa shape index (κ3) is 3.51. The van der Waals surface area contributed by atoms with E-state index in [4.69, 9.17) is 4.74 Å². The van der Waals surface area contributed by atoms with Crippen LogP contribution in [-0.4, -0.2) is 35.4 Å². The zero-order valence-corrected chi connectivity index (χ0v) is 12.8. The number of nitrogens with zero attached hydrogens (tertiary/aromatic N) is 4. The van der Waals surface area contributed by atoms with Gasteiger partial charge in [0.1, 0.15) is 12.7 Å². The van der Waals surface area contributed by atoms with Gasteiger partial charge in [-0.2, -0.15) is 10.4 Å². The second kappa shape index (κ2) is 6.97. The van der Waals surface area contributed by atoms with E-state index in [1.54, 1.807) is 23.0 Å². The van der Waals surface area contributed by atoms with Gasteiger partial charge in [0, 0.05) is 25.5 Å². The lowest BCUT2D eigenvalue weighted by molar-refractivity contribution is 0.0487. The molecule has 6 heteroatoms. The van der Waals surface area contributed by atoms with Gasteiger partial charge in [-0.05, 0) is 37.1 Å². The van der Waals surface area contributed by atoms with E-state index in [-0.39, 0.29) is 6.61 Å². The summed E-state index contributed by atoms with van der Waals surface area (Å²) in [7, 11) is 0. The maximum atomic E-state index is 12.1. The van der Waals surface area contributed by atoms with Crippen LogP contribution in [-0.2, 0) is 11.3 Å². The Bertz CT molecular complexity index is 713. The summed E-state index contributed by atoms with van der Waals surface area (Å²) in [6.07, 6.45) is 5.77. The molecule has 1 aromatic heterocycles. The number of hydrogen-bond acceptors (Lipinski definition) is 5. The average Bonchev–Trinajstić information content (AvgIpc) is 3.27. The van der Waals surface area contributed by atoms with Gasteiger partial charge >= 0.3 is 5.97 Å². The van der Waals surface area contributed by atoms with Gasteiger partial charge in [0.05, 0.1) is 23.4 Å². The molecule has 0 aliphatic carbocycles. The molecular weight excluding hydrogens is 292 g/mol. The number of ether oxygens (including phenoxy) is 1. The van der Waals surface area contributed by atoms with Gasteiger partial charge in [-0.15, -0.1) is 0 Å². The summed E-state index contributed by atoms with van der Waals surface area (Å²) < 4.78 is 6.94. The summed E-state index contributed by atoms with van der Waals surface area (Å²) in [4.78, 5) is 14.3. The molecule has 1 saturated heterocycles. The first-order valence-electron chi connectivity index (χ1n) is 7.71. The number of anilines is 1. The summed E-state index contributed by atoms with van der Waals surface area (Å²) in [6, 6.07) is 9.18. The standard InChI is InChI=1S/C17H18N4O2/c18-13-15-12-14(4-5-16(15)20-7-1-2-8-20)17(22)23-11-10-21-9-3-6-19-21/h3-6,9,12H,1-2,7-8,10-11H2. The predicted octanol–water partition coefficient (Wildman–Crippen LogP) is 2.21. The summed E-state index contributed by atoms with van der Waals surface area (Å²) in [5, 5.41) is 13.4. The molecule has 0 bridgehead atoms. The molecule has 1 aromatic carbocycles. The van der Waals surface area contributed by atoms with Crippen molar-refractivity contribution in [2.45, 2.75) is 19.4 Å². The largest absolute Gasteiger partial charge is 0.460 e. The van der Waals surface area contributed by atoms with E-state index in [0.29, 0.717) is 17.7 Å². The van der Waals surface area contributed by atoms with Gasteiger partial charge in [0.15, 0.2) is 0 Å². The first-order valence-corrected chi connectivity index (χ1v) is 7.71. The molecule has 0 amide bonds. The van der Waals surface area contributed by atoms with Gasteiger partial charge in [-0.25, -0.2) is 4.79 Å². The molecule has 2 heterocycles. The molecule has 0 atom stereocenters. The Hall–Kier alpha value is -2.81. The van der Waals surface area contributed by atoms with Crippen molar-refractivity contribution in [2.24, 2.45) is 0 Å². The normalized spacial score (nSPS) is 13.8. The smallest absolute Gasteiger partial charge is 0.338 e. The monoisotopic (exact) mass is 310 g/mol. The number of nitriles is 1. The third-order valence-electron chi connectivity index (χ3n) is 3.91. The minimum absolute atomic E-state index is 0.246. The van der Waals surface area contributed by atoms with Crippen molar-refractivity contribution >= 4 is 11.7 Å². The van der Waals surface area contributed by atoms with Gasteiger partial charge in [0.2, 0.25) is 0 Å². The lowest BCUT2D eigenvalue weighted by atomic mass is 10.1. The van der Waals surface area contributed by atoms with E-state index >= 15 is 0 Å². The Morgan fingerprint density at radius 3 is 2.87 bits per heavy atom. The Kier molecular flexibility index (Phi) is 4.57. The zero-order valence-electron chi connectivity index (χ0n) is 12.8. The minimum atomic E-state index is -0.415. The highest BCUT2D eigenvalue weighted by molar-refractivity contribution is 5.90. The topological polar surface area (TPSA) is 71.1 Å². The number of carbonyl (C=O) groups is 1. The van der Waals surface area contributed by atoms with Gasteiger partial charge < -0.3 is 9.64 Å². The molecule has 0 spiro atoms. The number of esters is 1.